The first-order chi connectivity index (χ1) is 13.9. The van der Waals surface area contributed by atoms with Crippen molar-refractivity contribution < 1.29 is 26.7 Å². The van der Waals surface area contributed by atoms with E-state index in [2.05, 4.69) is 32.8 Å². The summed E-state index contributed by atoms with van der Waals surface area (Å²) >= 11 is 2.20. The fourth-order valence-corrected chi connectivity index (χ4v) is 2.88. The van der Waals surface area contributed by atoms with Gasteiger partial charge in [0.05, 0.1) is 5.56 Å². The molecule has 0 radical (unpaired) electrons. The van der Waals surface area contributed by atoms with Crippen molar-refractivity contribution in [2.24, 2.45) is 0 Å². The highest BCUT2D eigenvalue weighted by molar-refractivity contribution is 14.1. The molecule has 0 atom stereocenters. The summed E-state index contributed by atoms with van der Waals surface area (Å²) in [5.41, 5.74) is -0.616. The predicted molar refractivity (Wildman–Crippen MR) is 106 cm³/mol. The molecule has 29 heavy (non-hydrogen) atoms. The van der Waals surface area contributed by atoms with E-state index in [4.69, 9.17) is 13.6 Å². The van der Waals surface area contributed by atoms with Gasteiger partial charge in [0.15, 0.2) is 5.76 Å². The minimum Gasteiger partial charge on any atom is -0.486 e. The zero-order valence-electron chi connectivity index (χ0n) is 14.6. The van der Waals surface area contributed by atoms with E-state index in [1.165, 1.54) is 12.1 Å². The van der Waals surface area contributed by atoms with E-state index < -0.39 is 11.7 Å². The van der Waals surface area contributed by atoms with Crippen molar-refractivity contribution in [3.8, 4) is 28.9 Å². The Hall–Kier alpha value is -2.82. The lowest BCUT2D eigenvalue weighted by molar-refractivity contribution is -0.137. The number of furan rings is 1. The normalized spacial score (nSPS) is 11.6. The fourth-order valence-electron chi connectivity index (χ4n) is 2.52. The van der Waals surface area contributed by atoms with Crippen molar-refractivity contribution in [3.63, 3.8) is 0 Å². The Balaban J connectivity index is 1.48. The Bertz CT molecular complexity index is 1120. The molecule has 2 heterocycles. The van der Waals surface area contributed by atoms with Gasteiger partial charge in [0, 0.05) is 9.13 Å². The number of benzene rings is 2. The highest BCUT2D eigenvalue weighted by Crippen LogP contribution is 2.32. The maximum absolute atomic E-state index is 12.9. The summed E-state index contributed by atoms with van der Waals surface area (Å²) in [5, 5.41) is 7.68. The van der Waals surface area contributed by atoms with Crippen molar-refractivity contribution in [1.29, 1.82) is 0 Å². The highest BCUT2D eigenvalue weighted by Gasteiger charge is 2.31. The van der Waals surface area contributed by atoms with Crippen molar-refractivity contribution in [1.82, 2.24) is 10.2 Å². The molecule has 9 heteroatoms. The molecule has 0 unspecified atom stereocenters. The third kappa shape index (κ3) is 4.61. The maximum atomic E-state index is 12.9. The van der Waals surface area contributed by atoms with Crippen LogP contribution < -0.4 is 4.74 Å². The molecule has 2 aromatic carbocycles. The SMILES string of the molecule is FC(F)(F)c1cccc(-c2nnc(-c3ccc(COc4ccc(I)cc4)o3)o2)c1. The van der Waals surface area contributed by atoms with E-state index in [0.717, 1.165) is 15.7 Å². The van der Waals surface area contributed by atoms with Crippen molar-refractivity contribution in [3.05, 3.63) is 75.6 Å². The standard InChI is InChI=1S/C20H12F3IN2O3/c21-20(22,23)13-3-1-2-12(10-13)18-25-26-19(29-18)17-9-8-16(28-17)11-27-15-6-4-14(24)5-7-15/h1-10H,11H2. The lowest BCUT2D eigenvalue weighted by atomic mass is 10.1. The molecule has 5 nitrogen and oxygen atoms in total. The van der Waals surface area contributed by atoms with Gasteiger partial charge in [-0.25, -0.2) is 0 Å². The van der Waals surface area contributed by atoms with Gasteiger partial charge >= 0.3 is 6.18 Å². The van der Waals surface area contributed by atoms with Gasteiger partial charge in [0.25, 0.3) is 5.89 Å². The first-order valence-corrected chi connectivity index (χ1v) is 9.45. The lowest BCUT2D eigenvalue weighted by Crippen LogP contribution is -2.04. The monoisotopic (exact) mass is 512 g/mol. The average Bonchev–Trinajstić information content (AvgIpc) is 3.37. The Morgan fingerprint density at radius 3 is 2.41 bits per heavy atom. The first kappa shape index (κ1) is 19.5. The van der Waals surface area contributed by atoms with Crippen LogP contribution in [-0.2, 0) is 12.8 Å². The number of hydrogen-bond acceptors (Lipinski definition) is 5. The summed E-state index contributed by atoms with van der Waals surface area (Å²) in [6.07, 6.45) is -4.45. The van der Waals surface area contributed by atoms with E-state index >= 15 is 0 Å². The van der Waals surface area contributed by atoms with Crippen molar-refractivity contribution >= 4 is 22.6 Å². The minimum absolute atomic E-state index is 0.0285. The summed E-state index contributed by atoms with van der Waals surface area (Å²) in [6, 6.07) is 15.6. The summed E-state index contributed by atoms with van der Waals surface area (Å²) < 4.78 is 56.5. The molecule has 4 aromatic rings. The van der Waals surface area contributed by atoms with Crippen LogP contribution in [0.25, 0.3) is 23.1 Å². The number of halogens is 4. The van der Waals surface area contributed by atoms with Gasteiger partial charge in [0.1, 0.15) is 18.1 Å². The molecule has 0 saturated carbocycles. The number of ether oxygens (including phenoxy) is 1. The Morgan fingerprint density at radius 2 is 1.66 bits per heavy atom. The molecule has 0 aliphatic rings. The van der Waals surface area contributed by atoms with Gasteiger partial charge in [-0.3, -0.25) is 0 Å². The molecule has 4 rings (SSSR count). The van der Waals surface area contributed by atoms with Crippen molar-refractivity contribution in [2.75, 3.05) is 0 Å². The van der Waals surface area contributed by atoms with Crippen LogP contribution in [0.5, 0.6) is 5.75 Å². The van der Waals surface area contributed by atoms with Crippen molar-refractivity contribution in [2.45, 2.75) is 12.8 Å². The zero-order valence-corrected chi connectivity index (χ0v) is 16.8. The molecule has 0 aliphatic heterocycles. The average molecular weight is 512 g/mol. The zero-order chi connectivity index (χ0) is 20.4. The van der Waals surface area contributed by atoms with E-state index in [1.807, 2.05) is 24.3 Å². The molecule has 0 aliphatic carbocycles. The number of alkyl halides is 3. The Morgan fingerprint density at radius 1 is 0.897 bits per heavy atom. The van der Waals surface area contributed by atoms with E-state index in [0.29, 0.717) is 17.3 Å². The van der Waals surface area contributed by atoms with E-state index in [1.54, 1.807) is 12.1 Å². The number of rotatable bonds is 5. The van der Waals surface area contributed by atoms with Crippen LogP contribution >= 0.6 is 22.6 Å². The summed E-state index contributed by atoms with van der Waals surface area (Å²) in [6.45, 7) is 0.204. The van der Waals surface area contributed by atoms with Gasteiger partial charge in [-0.1, -0.05) is 6.07 Å². The molecule has 0 bridgehead atoms. The van der Waals surface area contributed by atoms with Crippen LogP contribution in [0, 0.1) is 3.57 Å². The minimum atomic E-state index is -4.45. The van der Waals surface area contributed by atoms with Crippen LogP contribution in [0.2, 0.25) is 0 Å². The summed E-state index contributed by atoms with van der Waals surface area (Å²) in [4.78, 5) is 0. The quantitative estimate of drug-likeness (QED) is 0.298. The largest absolute Gasteiger partial charge is 0.486 e. The van der Waals surface area contributed by atoms with Gasteiger partial charge in [-0.2, -0.15) is 13.2 Å². The molecule has 0 N–H and O–H groups in total. The van der Waals surface area contributed by atoms with Gasteiger partial charge in [-0.05, 0) is 77.2 Å². The maximum Gasteiger partial charge on any atom is 0.416 e. The third-order valence-electron chi connectivity index (χ3n) is 3.93. The smallest absolute Gasteiger partial charge is 0.416 e. The Labute approximate surface area is 176 Å². The van der Waals surface area contributed by atoms with Crippen LogP contribution in [0.4, 0.5) is 13.2 Å². The fraction of sp³-hybridized carbons (Fsp3) is 0.100. The molecule has 0 saturated heterocycles. The number of nitrogens with zero attached hydrogens (tertiary/aromatic N) is 2. The second kappa shape index (κ2) is 7.90. The van der Waals surface area contributed by atoms with Crippen LogP contribution in [0.1, 0.15) is 11.3 Å². The van der Waals surface area contributed by atoms with E-state index in [-0.39, 0.29) is 24.0 Å². The first-order valence-electron chi connectivity index (χ1n) is 8.37. The van der Waals surface area contributed by atoms with Crippen LogP contribution in [0.3, 0.4) is 0 Å². The number of aromatic nitrogens is 2. The molecule has 2 aromatic heterocycles. The molecule has 148 valence electrons. The molecular weight excluding hydrogens is 500 g/mol. The van der Waals surface area contributed by atoms with Gasteiger partial charge in [-0.15, -0.1) is 10.2 Å². The third-order valence-corrected chi connectivity index (χ3v) is 4.65. The molecular formula is C20H12F3IN2O3. The molecule has 0 fully saturated rings. The summed E-state index contributed by atoms with van der Waals surface area (Å²) in [5.74, 6) is 1.58. The highest BCUT2D eigenvalue weighted by atomic mass is 127. The molecule has 0 amide bonds. The van der Waals surface area contributed by atoms with Crippen LogP contribution in [-0.4, -0.2) is 10.2 Å². The number of hydrogen-bond donors (Lipinski definition) is 0. The second-order valence-corrected chi connectivity index (χ2v) is 7.25. The van der Waals surface area contributed by atoms with Crippen LogP contribution in [0.15, 0.2) is 69.5 Å². The topological polar surface area (TPSA) is 61.3 Å². The Kier molecular flexibility index (Phi) is 5.31. The van der Waals surface area contributed by atoms with Gasteiger partial charge in [0.2, 0.25) is 5.89 Å². The molecule has 0 spiro atoms. The second-order valence-electron chi connectivity index (χ2n) is 6.00. The predicted octanol–water partition coefficient (Wildman–Crippen LogP) is 6.20. The van der Waals surface area contributed by atoms with Gasteiger partial charge < -0.3 is 13.6 Å². The lowest BCUT2D eigenvalue weighted by Gasteiger charge is -2.06. The summed E-state index contributed by atoms with van der Waals surface area (Å²) in [7, 11) is 0. The van der Waals surface area contributed by atoms with E-state index in [9.17, 15) is 13.2 Å².